The van der Waals surface area contributed by atoms with Crippen molar-refractivity contribution in [3.63, 3.8) is 0 Å². The summed E-state index contributed by atoms with van der Waals surface area (Å²) >= 11 is 0. The number of methoxy groups -OCH3 is 1. The lowest BCUT2D eigenvalue weighted by molar-refractivity contribution is -0.384. The zero-order chi connectivity index (χ0) is 22.0. The first-order valence-corrected chi connectivity index (χ1v) is 9.54. The van der Waals surface area contributed by atoms with Gasteiger partial charge in [0, 0.05) is 23.7 Å². The van der Waals surface area contributed by atoms with E-state index in [0.29, 0.717) is 22.8 Å². The molecular formula is C21H19N5O5. The molecule has 0 atom stereocenters. The SMILES string of the molecule is COc1ccc(NC(=O)c2cnc(-c3cccc([N+](=O)[O-])c3)[nH]2)c(C(=O)NC2CC2)c1. The van der Waals surface area contributed by atoms with Crippen LogP contribution in [0.25, 0.3) is 11.4 Å². The molecule has 4 rings (SSSR count). The second-order valence-corrected chi connectivity index (χ2v) is 7.07. The zero-order valence-corrected chi connectivity index (χ0v) is 16.5. The molecule has 31 heavy (non-hydrogen) atoms. The van der Waals surface area contributed by atoms with Gasteiger partial charge in [-0.2, -0.15) is 0 Å². The summed E-state index contributed by atoms with van der Waals surface area (Å²) in [5.41, 5.74) is 1.16. The smallest absolute Gasteiger partial charge is 0.273 e. The third-order valence-electron chi connectivity index (χ3n) is 4.78. The molecule has 2 amide bonds. The highest BCUT2D eigenvalue weighted by Crippen LogP contribution is 2.26. The molecule has 1 heterocycles. The molecule has 0 radical (unpaired) electrons. The molecule has 1 aliphatic rings. The predicted octanol–water partition coefficient (Wildman–Crippen LogP) is 3.14. The Labute approximate surface area is 176 Å². The minimum absolute atomic E-state index is 0.0792. The summed E-state index contributed by atoms with van der Waals surface area (Å²) < 4.78 is 5.19. The van der Waals surface area contributed by atoms with Crippen LogP contribution in [0.5, 0.6) is 5.75 Å². The van der Waals surface area contributed by atoms with Crippen molar-refractivity contribution in [3.8, 4) is 17.1 Å². The number of amides is 2. The Morgan fingerprint density at radius 1 is 1.19 bits per heavy atom. The molecule has 1 fully saturated rings. The average molecular weight is 421 g/mol. The van der Waals surface area contributed by atoms with Crippen LogP contribution >= 0.6 is 0 Å². The predicted molar refractivity (Wildman–Crippen MR) is 112 cm³/mol. The number of carbonyl (C=O) groups excluding carboxylic acids is 2. The lowest BCUT2D eigenvalue weighted by atomic mass is 10.1. The van der Waals surface area contributed by atoms with Gasteiger partial charge in [0.05, 0.1) is 29.5 Å². The Bertz CT molecular complexity index is 1170. The number of aromatic amines is 1. The van der Waals surface area contributed by atoms with Crippen LogP contribution in [0.2, 0.25) is 0 Å². The van der Waals surface area contributed by atoms with E-state index in [1.54, 1.807) is 24.3 Å². The number of non-ortho nitro benzene ring substituents is 1. The molecule has 1 aromatic heterocycles. The summed E-state index contributed by atoms with van der Waals surface area (Å²) in [4.78, 5) is 42.8. The second-order valence-electron chi connectivity index (χ2n) is 7.07. The summed E-state index contributed by atoms with van der Waals surface area (Å²) in [6.07, 6.45) is 3.20. The fourth-order valence-electron chi connectivity index (χ4n) is 2.98. The number of H-pyrrole nitrogens is 1. The number of nitrogens with one attached hydrogen (secondary N) is 3. The lowest BCUT2D eigenvalue weighted by Gasteiger charge is -2.12. The first-order chi connectivity index (χ1) is 14.9. The number of anilines is 1. The van der Waals surface area contributed by atoms with Crippen LogP contribution in [0, 0.1) is 10.1 Å². The van der Waals surface area contributed by atoms with E-state index in [-0.39, 0.29) is 28.9 Å². The largest absolute Gasteiger partial charge is 0.497 e. The van der Waals surface area contributed by atoms with Crippen LogP contribution in [0.15, 0.2) is 48.7 Å². The average Bonchev–Trinajstić information content (AvgIpc) is 3.44. The van der Waals surface area contributed by atoms with Crippen molar-refractivity contribution >= 4 is 23.2 Å². The van der Waals surface area contributed by atoms with E-state index in [1.807, 2.05) is 0 Å². The highest BCUT2D eigenvalue weighted by atomic mass is 16.6. The maximum atomic E-state index is 12.7. The topological polar surface area (TPSA) is 139 Å². The minimum Gasteiger partial charge on any atom is -0.497 e. The number of rotatable bonds is 7. The van der Waals surface area contributed by atoms with E-state index >= 15 is 0 Å². The van der Waals surface area contributed by atoms with Gasteiger partial charge >= 0.3 is 0 Å². The molecule has 158 valence electrons. The van der Waals surface area contributed by atoms with E-state index < -0.39 is 10.8 Å². The van der Waals surface area contributed by atoms with Gasteiger partial charge in [-0.15, -0.1) is 0 Å². The summed E-state index contributed by atoms with van der Waals surface area (Å²) in [5, 5.41) is 16.6. The quantitative estimate of drug-likeness (QED) is 0.396. The van der Waals surface area contributed by atoms with Gasteiger partial charge in [0.2, 0.25) is 0 Å². The van der Waals surface area contributed by atoms with Crippen molar-refractivity contribution in [1.29, 1.82) is 0 Å². The number of benzene rings is 2. The van der Waals surface area contributed by atoms with E-state index in [4.69, 9.17) is 4.74 Å². The third kappa shape index (κ3) is 4.53. The van der Waals surface area contributed by atoms with Crippen LogP contribution in [0.1, 0.15) is 33.7 Å². The van der Waals surface area contributed by atoms with E-state index in [2.05, 4.69) is 20.6 Å². The molecule has 3 aromatic rings. The molecule has 0 aliphatic heterocycles. The van der Waals surface area contributed by atoms with Gasteiger partial charge in [0.1, 0.15) is 17.3 Å². The second kappa shape index (κ2) is 8.27. The first kappa shape index (κ1) is 20.1. The van der Waals surface area contributed by atoms with Gasteiger partial charge in [-0.1, -0.05) is 12.1 Å². The van der Waals surface area contributed by atoms with Crippen LogP contribution in [-0.4, -0.2) is 39.9 Å². The van der Waals surface area contributed by atoms with Crippen molar-refractivity contribution in [2.24, 2.45) is 0 Å². The molecule has 0 bridgehead atoms. The zero-order valence-electron chi connectivity index (χ0n) is 16.5. The monoisotopic (exact) mass is 421 g/mol. The number of hydrogen-bond acceptors (Lipinski definition) is 6. The fraction of sp³-hybridized carbons (Fsp3) is 0.190. The number of nitro benzene ring substituents is 1. The van der Waals surface area contributed by atoms with Crippen molar-refractivity contribution in [1.82, 2.24) is 15.3 Å². The summed E-state index contributed by atoms with van der Waals surface area (Å²) in [6.45, 7) is 0. The third-order valence-corrected chi connectivity index (χ3v) is 4.78. The molecule has 2 aromatic carbocycles. The Morgan fingerprint density at radius 2 is 2.00 bits per heavy atom. The maximum absolute atomic E-state index is 12.7. The number of aromatic nitrogens is 2. The lowest BCUT2D eigenvalue weighted by Crippen LogP contribution is -2.27. The van der Waals surface area contributed by atoms with E-state index in [1.165, 1.54) is 31.5 Å². The minimum atomic E-state index is -0.505. The van der Waals surface area contributed by atoms with Gasteiger partial charge in [-0.05, 0) is 31.0 Å². The number of imidazole rings is 1. The molecule has 10 heteroatoms. The molecule has 0 spiro atoms. The molecule has 0 unspecified atom stereocenters. The van der Waals surface area contributed by atoms with E-state index in [9.17, 15) is 19.7 Å². The Morgan fingerprint density at radius 3 is 2.71 bits per heavy atom. The van der Waals surface area contributed by atoms with Gasteiger partial charge in [0.15, 0.2) is 0 Å². The van der Waals surface area contributed by atoms with Crippen molar-refractivity contribution in [2.45, 2.75) is 18.9 Å². The Balaban J connectivity index is 1.55. The molecule has 10 nitrogen and oxygen atoms in total. The van der Waals surface area contributed by atoms with E-state index in [0.717, 1.165) is 12.8 Å². The maximum Gasteiger partial charge on any atom is 0.273 e. The normalized spacial score (nSPS) is 12.8. The van der Waals surface area contributed by atoms with Crippen molar-refractivity contribution in [2.75, 3.05) is 12.4 Å². The van der Waals surface area contributed by atoms with Gasteiger partial charge < -0.3 is 20.4 Å². The molecule has 1 aliphatic carbocycles. The van der Waals surface area contributed by atoms with Gasteiger partial charge in [-0.3, -0.25) is 19.7 Å². The number of nitro groups is 1. The molecular weight excluding hydrogens is 402 g/mol. The number of nitrogens with zero attached hydrogens (tertiary/aromatic N) is 2. The van der Waals surface area contributed by atoms with Crippen LogP contribution in [0.4, 0.5) is 11.4 Å². The first-order valence-electron chi connectivity index (χ1n) is 9.54. The van der Waals surface area contributed by atoms with Crippen LogP contribution < -0.4 is 15.4 Å². The molecule has 3 N–H and O–H groups in total. The Kier molecular flexibility index (Phi) is 5.35. The Hall–Kier alpha value is -4.21. The van der Waals surface area contributed by atoms with Crippen LogP contribution in [-0.2, 0) is 0 Å². The van der Waals surface area contributed by atoms with Crippen molar-refractivity contribution < 1.29 is 19.2 Å². The number of ether oxygens (including phenoxy) is 1. The van der Waals surface area contributed by atoms with Crippen LogP contribution in [0.3, 0.4) is 0 Å². The summed E-state index contributed by atoms with van der Waals surface area (Å²) in [6, 6.07) is 10.9. The van der Waals surface area contributed by atoms with Gasteiger partial charge in [0.25, 0.3) is 17.5 Å². The highest BCUT2D eigenvalue weighted by molar-refractivity contribution is 6.08. The number of carbonyl (C=O) groups is 2. The number of hydrogen-bond donors (Lipinski definition) is 3. The highest BCUT2D eigenvalue weighted by Gasteiger charge is 2.25. The standard InChI is InChI=1S/C21H19N5O5/c1-31-15-7-8-17(16(10-15)20(27)23-13-5-6-13)25-21(28)18-11-22-19(24-18)12-3-2-4-14(9-12)26(29)30/h2-4,7-11,13H,5-6H2,1H3,(H,22,24)(H,23,27)(H,25,28). The van der Waals surface area contributed by atoms with Gasteiger partial charge in [-0.25, -0.2) is 4.98 Å². The fourth-order valence-corrected chi connectivity index (χ4v) is 2.98. The van der Waals surface area contributed by atoms with Crippen molar-refractivity contribution in [3.05, 3.63) is 70.0 Å². The molecule has 0 saturated heterocycles. The summed E-state index contributed by atoms with van der Waals surface area (Å²) in [5.74, 6) is 0.0112. The summed E-state index contributed by atoms with van der Waals surface area (Å²) in [7, 11) is 1.50. The molecule has 1 saturated carbocycles.